The predicted octanol–water partition coefficient (Wildman–Crippen LogP) is 3.21. The lowest BCUT2D eigenvalue weighted by atomic mass is 9.49. The van der Waals surface area contributed by atoms with E-state index in [2.05, 4.69) is 24.5 Å². The maximum absolute atomic E-state index is 11.9. The molecule has 4 heteroatoms. The highest BCUT2D eigenvalue weighted by Crippen LogP contribution is 2.56. The van der Waals surface area contributed by atoms with Gasteiger partial charge in [-0.3, -0.25) is 0 Å². The van der Waals surface area contributed by atoms with E-state index in [1.54, 1.807) is 0 Å². The first kappa shape index (κ1) is 15.6. The van der Waals surface area contributed by atoms with Crippen molar-refractivity contribution in [3.05, 3.63) is 0 Å². The molecule has 4 nitrogen and oxygen atoms in total. The largest absolute Gasteiger partial charge is 0.444 e. The SMILES string of the molecule is CCC(C)NC1CC(NC(=O)OC(C)(C)C)C12CCC2. The molecule has 2 N–H and O–H groups in total. The average Bonchev–Trinajstić information content (AvgIpc) is 2.22. The van der Waals surface area contributed by atoms with Gasteiger partial charge >= 0.3 is 6.09 Å². The number of carbonyl (C=O) groups is 1. The minimum atomic E-state index is -0.422. The highest BCUT2D eigenvalue weighted by Gasteiger charge is 2.58. The molecule has 20 heavy (non-hydrogen) atoms. The first-order chi connectivity index (χ1) is 9.27. The minimum Gasteiger partial charge on any atom is -0.444 e. The van der Waals surface area contributed by atoms with E-state index in [0.29, 0.717) is 17.5 Å². The van der Waals surface area contributed by atoms with Crippen molar-refractivity contribution in [2.24, 2.45) is 5.41 Å². The molecule has 2 aliphatic rings. The van der Waals surface area contributed by atoms with Crippen LogP contribution in [0.4, 0.5) is 4.79 Å². The highest BCUT2D eigenvalue weighted by molar-refractivity contribution is 5.68. The third-order valence-electron chi connectivity index (χ3n) is 4.93. The average molecular weight is 282 g/mol. The van der Waals surface area contributed by atoms with E-state index in [4.69, 9.17) is 4.74 Å². The monoisotopic (exact) mass is 282 g/mol. The van der Waals surface area contributed by atoms with Gasteiger partial charge in [0.05, 0.1) is 0 Å². The first-order valence-electron chi connectivity index (χ1n) is 8.02. The minimum absolute atomic E-state index is 0.268. The van der Waals surface area contributed by atoms with E-state index in [-0.39, 0.29) is 12.1 Å². The van der Waals surface area contributed by atoms with E-state index in [0.717, 1.165) is 12.8 Å². The second kappa shape index (κ2) is 5.55. The molecule has 2 saturated carbocycles. The molecule has 0 aromatic heterocycles. The molecule has 3 unspecified atom stereocenters. The van der Waals surface area contributed by atoms with Crippen LogP contribution >= 0.6 is 0 Å². The van der Waals surface area contributed by atoms with Crippen molar-refractivity contribution in [2.75, 3.05) is 0 Å². The van der Waals surface area contributed by atoms with Crippen LogP contribution in [0.15, 0.2) is 0 Å². The summed E-state index contributed by atoms with van der Waals surface area (Å²) < 4.78 is 5.37. The Labute approximate surface area is 123 Å². The third kappa shape index (κ3) is 3.11. The standard InChI is InChI=1S/C16H30N2O2/c1-6-11(2)17-12-10-13(16(12)8-7-9-16)18-14(19)20-15(3,4)5/h11-13,17H,6-10H2,1-5H3,(H,18,19). The van der Waals surface area contributed by atoms with Crippen molar-refractivity contribution >= 4 is 6.09 Å². The smallest absolute Gasteiger partial charge is 0.407 e. The molecule has 2 fully saturated rings. The van der Waals surface area contributed by atoms with Crippen molar-refractivity contribution in [1.29, 1.82) is 0 Å². The molecule has 1 amide bonds. The van der Waals surface area contributed by atoms with Gasteiger partial charge in [-0.2, -0.15) is 0 Å². The molecule has 0 aliphatic heterocycles. The Kier molecular flexibility index (Phi) is 4.33. The van der Waals surface area contributed by atoms with E-state index < -0.39 is 5.60 Å². The van der Waals surface area contributed by atoms with Crippen molar-refractivity contribution in [2.45, 2.75) is 90.4 Å². The van der Waals surface area contributed by atoms with E-state index in [9.17, 15) is 4.79 Å². The summed E-state index contributed by atoms with van der Waals surface area (Å²) in [5.74, 6) is 0. The zero-order chi connectivity index (χ0) is 15.0. The van der Waals surface area contributed by atoms with Crippen LogP contribution in [0.25, 0.3) is 0 Å². The number of amides is 1. The zero-order valence-corrected chi connectivity index (χ0v) is 13.6. The molecule has 0 radical (unpaired) electrons. The Morgan fingerprint density at radius 2 is 2.00 bits per heavy atom. The van der Waals surface area contributed by atoms with Crippen LogP contribution in [-0.2, 0) is 4.74 Å². The van der Waals surface area contributed by atoms with Crippen molar-refractivity contribution < 1.29 is 9.53 Å². The summed E-state index contributed by atoms with van der Waals surface area (Å²) in [5.41, 5.74) is -0.130. The third-order valence-corrected chi connectivity index (χ3v) is 4.93. The van der Waals surface area contributed by atoms with Crippen LogP contribution < -0.4 is 10.6 Å². The summed E-state index contributed by atoms with van der Waals surface area (Å²) >= 11 is 0. The second-order valence-electron chi connectivity index (χ2n) is 7.55. The van der Waals surface area contributed by atoms with Crippen molar-refractivity contribution in [3.63, 3.8) is 0 Å². The van der Waals surface area contributed by atoms with Gasteiger partial charge in [-0.1, -0.05) is 13.3 Å². The van der Waals surface area contributed by atoms with Crippen LogP contribution in [0.1, 0.15) is 66.7 Å². The van der Waals surface area contributed by atoms with Crippen LogP contribution in [0, 0.1) is 5.41 Å². The maximum Gasteiger partial charge on any atom is 0.407 e. The molecule has 1 spiro atoms. The predicted molar refractivity (Wildman–Crippen MR) is 80.7 cm³/mol. The summed E-state index contributed by atoms with van der Waals surface area (Å²) in [6.45, 7) is 10.2. The molecule has 0 aromatic carbocycles. The van der Waals surface area contributed by atoms with Gasteiger partial charge in [0.1, 0.15) is 5.60 Å². The maximum atomic E-state index is 11.9. The Hall–Kier alpha value is -0.770. The summed E-state index contributed by atoms with van der Waals surface area (Å²) in [4.78, 5) is 11.9. The Bertz CT molecular complexity index is 358. The molecule has 0 heterocycles. The lowest BCUT2D eigenvalue weighted by Crippen LogP contribution is -2.71. The molecule has 0 saturated heterocycles. The zero-order valence-electron chi connectivity index (χ0n) is 13.6. The molecule has 3 atom stereocenters. The second-order valence-corrected chi connectivity index (χ2v) is 7.55. The molecular weight excluding hydrogens is 252 g/mol. The number of nitrogens with one attached hydrogen (secondary N) is 2. The number of carbonyl (C=O) groups excluding carboxylic acids is 1. The number of alkyl carbamates (subject to hydrolysis) is 1. The Morgan fingerprint density at radius 3 is 2.45 bits per heavy atom. The van der Waals surface area contributed by atoms with Gasteiger partial charge in [0.15, 0.2) is 0 Å². The van der Waals surface area contributed by atoms with E-state index >= 15 is 0 Å². The number of hydrogen-bond acceptors (Lipinski definition) is 3. The van der Waals surface area contributed by atoms with Gasteiger partial charge in [-0.25, -0.2) is 4.79 Å². The summed E-state index contributed by atoms with van der Waals surface area (Å²) in [6, 6.07) is 1.40. The van der Waals surface area contributed by atoms with Gasteiger partial charge in [0.25, 0.3) is 0 Å². The fourth-order valence-corrected chi connectivity index (χ4v) is 3.42. The quantitative estimate of drug-likeness (QED) is 0.832. The molecule has 2 aliphatic carbocycles. The van der Waals surface area contributed by atoms with Gasteiger partial charge in [-0.05, 0) is 53.4 Å². The van der Waals surface area contributed by atoms with Gasteiger partial charge < -0.3 is 15.4 Å². The first-order valence-corrected chi connectivity index (χ1v) is 8.02. The van der Waals surface area contributed by atoms with Gasteiger partial charge in [-0.15, -0.1) is 0 Å². The summed E-state index contributed by atoms with van der Waals surface area (Å²) in [6.07, 6.45) is 5.64. The number of hydrogen-bond donors (Lipinski definition) is 2. The number of ether oxygens (including phenoxy) is 1. The lowest BCUT2D eigenvalue weighted by Gasteiger charge is -2.62. The van der Waals surface area contributed by atoms with Gasteiger partial charge in [0.2, 0.25) is 0 Å². The molecule has 2 rings (SSSR count). The van der Waals surface area contributed by atoms with Crippen LogP contribution in [0.3, 0.4) is 0 Å². The number of rotatable bonds is 4. The Balaban J connectivity index is 1.87. The van der Waals surface area contributed by atoms with Crippen LogP contribution in [-0.4, -0.2) is 29.8 Å². The fourth-order valence-electron chi connectivity index (χ4n) is 3.42. The van der Waals surface area contributed by atoms with Gasteiger partial charge in [0, 0.05) is 23.5 Å². The van der Waals surface area contributed by atoms with E-state index in [1.165, 1.54) is 19.3 Å². The molecule has 0 bridgehead atoms. The van der Waals surface area contributed by atoms with Crippen LogP contribution in [0.2, 0.25) is 0 Å². The fraction of sp³-hybridized carbons (Fsp3) is 0.938. The Morgan fingerprint density at radius 1 is 1.35 bits per heavy atom. The normalized spacial score (nSPS) is 29.2. The van der Waals surface area contributed by atoms with Crippen molar-refractivity contribution in [3.8, 4) is 0 Å². The molecule has 116 valence electrons. The topological polar surface area (TPSA) is 50.4 Å². The highest BCUT2D eigenvalue weighted by atomic mass is 16.6. The summed E-state index contributed by atoms with van der Waals surface area (Å²) in [7, 11) is 0. The van der Waals surface area contributed by atoms with E-state index in [1.807, 2.05) is 20.8 Å². The molecule has 0 aromatic rings. The lowest BCUT2D eigenvalue weighted by molar-refractivity contribution is -0.0648. The summed E-state index contributed by atoms with van der Waals surface area (Å²) in [5, 5.41) is 6.80. The molecular formula is C16H30N2O2. The van der Waals surface area contributed by atoms with Crippen molar-refractivity contribution in [1.82, 2.24) is 10.6 Å². The van der Waals surface area contributed by atoms with Crippen LogP contribution in [0.5, 0.6) is 0 Å².